The fourth-order valence-electron chi connectivity index (χ4n) is 1.31. The predicted molar refractivity (Wildman–Crippen MR) is 43.8 cm³/mol. The van der Waals surface area contributed by atoms with Gasteiger partial charge in [-0.25, -0.2) is 0 Å². The van der Waals surface area contributed by atoms with Crippen molar-refractivity contribution >= 4 is 5.91 Å². The summed E-state index contributed by atoms with van der Waals surface area (Å²) in [5, 5.41) is 2.76. The zero-order chi connectivity index (χ0) is 8.27. The lowest BCUT2D eigenvalue weighted by Gasteiger charge is -2.31. The number of carbonyl (C=O) groups excluding carboxylic acids is 1. The maximum absolute atomic E-state index is 10.7. The van der Waals surface area contributed by atoms with Crippen molar-refractivity contribution in [3.63, 3.8) is 0 Å². The Labute approximate surface area is 67.4 Å². The summed E-state index contributed by atoms with van der Waals surface area (Å²) in [6, 6.07) is 0.257. The Balaban J connectivity index is 2.25. The summed E-state index contributed by atoms with van der Waals surface area (Å²) in [5.74, 6) is 2.42. The van der Waals surface area contributed by atoms with Gasteiger partial charge in [0, 0.05) is 6.04 Å². The van der Waals surface area contributed by atoms with Gasteiger partial charge < -0.3 is 5.32 Å². The zero-order valence-corrected chi connectivity index (χ0v) is 6.76. The van der Waals surface area contributed by atoms with E-state index in [1.807, 2.05) is 12.8 Å². The first kappa shape index (κ1) is 8.13. The van der Waals surface area contributed by atoms with Crippen LogP contribution in [0.15, 0.2) is 0 Å². The number of hydrogen-bond donors (Lipinski definition) is 1. The summed E-state index contributed by atoms with van der Waals surface area (Å²) in [6.45, 7) is 2.01. The first-order valence-electron chi connectivity index (χ1n) is 4.01. The summed E-state index contributed by atoms with van der Waals surface area (Å²) in [6.07, 6.45) is 8.67. The molecule has 0 saturated heterocycles. The van der Waals surface area contributed by atoms with Gasteiger partial charge in [0.15, 0.2) is 0 Å². The van der Waals surface area contributed by atoms with Crippen LogP contribution in [0.4, 0.5) is 0 Å². The Bertz CT molecular complexity index is 188. The van der Waals surface area contributed by atoms with E-state index in [0.717, 1.165) is 0 Å². The highest BCUT2D eigenvalue weighted by Gasteiger charge is 2.24. The highest BCUT2D eigenvalue weighted by atomic mass is 16.1. The van der Waals surface area contributed by atoms with Crippen molar-refractivity contribution in [2.45, 2.75) is 32.2 Å². The summed E-state index contributed by atoms with van der Waals surface area (Å²) in [7, 11) is 0. The van der Waals surface area contributed by atoms with Crippen molar-refractivity contribution in [2.75, 3.05) is 0 Å². The Morgan fingerprint density at radius 3 is 2.73 bits per heavy atom. The van der Waals surface area contributed by atoms with E-state index in [0.29, 0.717) is 5.92 Å². The summed E-state index contributed by atoms with van der Waals surface area (Å²) < 4.78 is 0. The van der Waals surface area contributed by atoms with Crippen LogP contribution in [0.1, 0.15) is 26.2 Å². The van der Waals surface area contributed by atoms with Crippen molar-refractivity contribution in [1.29, 1.82) is 0 Å². The van der Waals surface area contributed by atoms with Gasteiger partial charge in [0.2, 0.25) is 0 Å². The van der Waals surface area contributed by atoms with E-state index in [4.69, 9.17) is 6.42 Å². The monoisotopic (exact) mass is 151 g/mol. The van der Waals surface area contributed by atoms with Crippen LogP contribution < -0.4 is 5.32 Å². The van der Waals surface area contributed by atoms with Gasteiger partial charge in [0.25, 0.3) is 5.91 Å². The van der Waals surface area contributed by atoms with Crippen molar-refractivity contribution in [3.05, 3.63) is 0 Å². The largest absolute Gasteiger partial charge is 0.343 e. The van der Waals surface area contributed by atoms with E-state index in [-0.39, 0.29) is 11.9 Å². The molecule has 1 aliphatic rings. The topological polar surface area (TPSA) is 29.1 Å². The molecule has 0 bridgehead atoms. The van der Waals surface area contributed by atoms with Crippen LogP contribution >= 0.6 is 0 Å². The molecule has 0 aliphatic heterocycles. The van der Waals surface area contributed by atoms with Crippen LogP contribution in [0.5, 0.6) is 0 Å². The van der Waals surface area contributed by atoms with Gasteiger partial charge >= 0.3 is 0 Å². The number of hydrogen-bond acceptors (Lipinski definition) is 1. The molecular formula is C9H13NO. The molecule has 1 saturated carbocycles. The lowest BCUT2D eigenvalue weighted by Crippen LogP contribution is -2.40. The molecule has 2 heteroatoms. The highest BCUT2D eigenvalue weighted by molar-refractivity contribution is 5.92. The molecule has 0 radical (unpaired) electrons. The lowest BCUT2D eigenvalue weighted by atomic mass is 9.80. The summed E-state index contributed by atoms with van der Waals surface area (Å²) >= 11 is 0. The molecule has 1 amide bonds. The molecule has 1 aliphatic carbocycles. The molecule has 60 valence electrons. The van der Waals surface area contributed by atoms with E-state index in [1.165, 1.54) is 19.3 Å². The van der Waals surface area contributed by atoms with Crippen LogP contribution in [0.25, 0.3) is 0 Å². The minimum atomic E-state index is -0.288. The Kier molecular flexibility index (Phi) is 2.53. The second kappa shape index (κ2) is 3.43. The number of carbonyl (C=O) groups is 1. The maximum atomic E-state index is 10.7. The predicted octanol–water partition coefficient (Wildman–Crippen LogP) is 0.924. The number of rotatable bonds is 2. The molecule has 0 spiro atoms. The molecule has 1 fully saturated rings. The molecule has 11 heavy (non-hydrogen) atoms. The van der Waals surface area contributed by atoms with Crippen molar-refractivity contribution in [3.8, 4) is 12.3 Å². The second-order valence-corrected chi connectivity index (χ2v) is 3.10. The first-order chi connectivity index (χ1) is 5.24. The molecule has 0 aromatic carbocycles. The molecular weight excluding hydrogens is 138 g/mol. The van der Waals surface area contributed by atoms with Gasteiger partial charge in [-0.3, -0.25) is 4.79 Å². The van der Waals surface area contributed by atoms with Crippen LogP contribution in [-0.2, 0) is 4.79 Å². The molecule has 0 heterocycles. The zero-order valence-electron chi connectivity index (χ0n) is 6.76. The standard InChI is InChI=1S/C9H13NO/c1-3-9(11)10-7(2)8-5-4-6-8/h1,7-8H,4-6H2,2H3,(H,10,11)/t7-/m1/s1. The molecule has 1 N–H and O–H groups in total. The van der Waals surface area contributed by atoms with Gasteiger partial charge in [0.1, 0.15) is 0 Å². The Hall–Kier alpha value is -0.970. The molecule has 0 aromatic heterocycles. The van der Waals surface area contributed by atoms with Crippen molar-refractivity contribution < 1.29 is 4.79 Å². The second-order valence-electron chi connectivity index (χ2n) is 3.10. The fraction of sp³-hybridized carbons (Fsp3) is 0.667. The molecule has 1 atom stereocenters. The van der Waals surface area contributed by atoms with Gasteiger partial charge in [-0.05, 0) is 31.6 Å². The van der Waals surface area contributed by atoms with E-state index in [2.05, 4.69) is 5.32 Å². The summed E-state index contributed by atoms with van der Waals surface area (Å²) in [4.78, 5) is 10.7. The highest BCUT2D eigenvalue weighted by Crippen LogP contribution is 2.29. The average molecular weight is 151 g/mol. The molecule has 0 unspecified atom stereocenters. The van der Waals surface area contributed by atoms with Gasteiger partial charge in [-0.2, -0.15) is 0 Å². The third kappa shape index (κ3) is 1.98. The van der Waals surface area contributed by atoms with Crippen LogP contribution in [0.3, 0.4) is 0 Å². The average Bonchev–Trinajstić information content (AvgIpc) is 1.83. The minimum Gasteiger partial charge on any atom is -0.343 e. The van der Waals surface area contributed by atoms with Crippen molar-refractivity contribution in [2.24, 2.45) is 5.92 Å². The minimum absolute atomic E-state index is 0.257. The molecule has 2 nitrogen and oxygen atoms in total. The van der Waals surface area contributed by atoms with E-state index >= 15 is 0 Å². The van der Waals surface area contributed by atoms with Gasteiger partial charge in [0.05, 0.1) is 0 Å². The van der Waals surface area contributed by atoms with Gasteiger partial charge in [-0.1, -0.05) is 6.42 Å². The molecule has 1 rings (SSSR count). The van der Waals surface area contributed by atoms with Crippen molar-refractivity contribution in [1.82, 2.24) is 5.32 Å². The maximum Gasteiger partial charge on any atom is 0.295 e. The quantitative estimate of drug-likeness (QED) is 0.584. The third-order valence-electron chi connectivity index (χ3n) is 2.35. The van der Waals surface area contributed by atoms with E-state index in [1.54, 1.807) is 0 Å². The fourth-order valence-corrected chi connectivity index (χ4v) is 1.31. The first-order valence-corrected chi connectivity index (χ1v) is 4.01. The number of nitrogens with one attached hydrogen (secondary N) is 1. The normalized spacial score (nSPS) is 19.6. The SMILES string of the molecule is C#CC(=O)N[C@H](C)C1CCC1. The number of terminal acetylenes is 1. The Morgan fingerprint density at radius 2 is 2.36 bits per heavy atom. The van der Waals surface area contributed by atoms with Crippen LogP contribution in [0.2, 0.25) is 0 Å². The smallest absolute Gasteiger partial charge is 0.295 e. The van der Waals surface area contributed by atoms with E-state index < -0.39 is 0 Å². The van der Waals surface area contributed by atoms with Crippen LogP contribution in [-0.4, -0.2) is 11.9 Å². The van der Waals surface area contributed by atoms with Crippen LogP contribution in [0, 0.1) is 18.3 Å². The molecule has 0 aromatic rings. The third-order valence-corrected chi connectivity index (χ3v) is 2.35. The Morgan fingerprint density at radius 1 is 1.73 bits per heavy atom. The number of amides is 1. The summed E-state index contributed by atoms with van der Waals surface area (Å²) in [5.41, 5.74) is 0. The van der Waals surface area contributed by atoms with Gasteiger partial charge in [-0.15, -0.1) is 6.42 Å². The van der Waals surface area contributed by atoms with E-state index in [9.17, 15) is 4.79 Å². The lowest BCUT2D eigenvalue weighted by molar-refractivity contribution is -0.116.